The number of aromatic amines is 1. The Hall–Kier alpha value is -3.92. The van der Waals surface area contributed by atoms with E-state index in [1.807, 2.05) is 24.3 Å². The first-order valence-electron chi connectivity index (χ1n) is 10.1. The molecule has 0 radical (unpaired) electrons. The lowest BCUT2D eigenvalue weighted by Crippen LogP contribution is -2.39. The molecule has 0 aliphatic carbocycles. The molecule has 166 valence electrons. The van der Waals surface area contributed by atoms with E-state index in [1.54, 1.807) is 25.2 Å². The monoisotopic (exact) mass is 437 g/mol. The van der Waals surface area contributed by atoms with Gasteiger partial charge in [-0.15, -0.1) is 0 Å². The molecule has 32 heavy (non-hydrogen) atoms. The van der Waals surface area contributed by atoms with Crippen molar-refractivity contribution in [2.24, 2.45) is 0 Å². The minimum Gasteiger partial charge on any atom is -0.481 e. The van der Waals surface area contributed by atoms with Crippen molar-refractivity contribution >= 4 is 34.5 Å². The summed E-state index contributed by atoms with van der Waals surface area (Å²) in [7, 11) is 1.59. The number of aliphatic hydroxyl groups excluding tert-OH is 1. The summed E-state index contributed by atoms with van der Waals surface area (Å²) in [6.45, 7) is -0.114. The van der Waals surface area contributed by atoms with Crippen LogP contribution in [0, 0.1) is 0 Å². The first-order chi connectivity index (χ1) is 15.4. The van der Waals surface area contributed by atoms with Crippen molar-refractivity contribution in [1.82, 2.24) is 20.2 Å². The second-order valence-electron chi connectivity index (χ2n) is 7.71. The number of rotatable bonds is 6. The number of aromatic nitrogens is 2. The van der Waals surface area contributed by atoms with Gasteiger partial charge in [0.1, 0.15) is 17.9 Å². The number of carbonyl (C=O) groups is 3. The maximum Gasteiger partial charge on any atom is 0.305 e. The van der Waals surface area contributed by atoms with Crippen LogP contribution in [0.25, 0.3) is 11.0 Å². The molecular formula is C22H23N5O5. The fraction of sp³-hybridized carbons (Fsp3) is 0.273. The maximum absolute atomic E-state index is 12.9. The number of fused-ring (bicyclic) bond motifs is 2. The van der Waals surface area contributed by atoms with E-state index in [0.29, 0.717) is 22.6 Å². The van der Waals surface area contributed by atoms with Gasteiger partial charge in [-0.3, -0.25) is 14.4 Å². The number of carboxylic acid groups (broad SMARTS) is 1. The number of carbonyl (C=O) groups excluding carboxylic acids is 2. The summed E-state index contributed by atoms with van der Waals surface area (Å²) in [4.78, 5) is 45.4. The topological polar surface area (TPSA) is 148 Å². The molecule has 2 atom stereocenters. The lowest BCUT2D eigenvalue weighted by atomic mass is 10.1. The summed E-state index contributed by atoms with van der Waals surface area (Å²) >= 11 is 0. The third kappa shape index (κ3) is 4.26. The third-order valence-electron chi connectivity index (χ3n) is 5.38. The van der Waals surface area contributed by atoms with Crippen LogP contribution in [-0.4, -0.2) is 62.6 Å². The largest absolute Gasteiger partial charge is 0.481 e. The number of carboxylic acids is 1. The summed E-state index contributed by atoms with van der Waals surface area (Å²) in [5.41, 5.74) is 3.16. The van der Waals surface area contributed by atoms with Crippen molar-refractivity contribution in [3.8, 4) is 0 Å². The number of nitrogens with zero attached hydrogens (tertiary/aromatic N) is 2. The zero-order valence-corrected chi connectivity index (χ0v) is 17.3. The Morgan fingerprint density at radius 2 is 2.06 bits per heavy atom. The van der Waals surface area contributed by atoms with Crippen LogP contribution in [0.3, 0.4) is 0 Å². The first kappa shape index (κ1) is 21.3. The van der Waals surface area contributed by atoms with E-state index in [-0.39, 0.29) is 25.5 Å². The van der Waals surface area contributed by atoms with Crippen LogP contribution in [0.5, 0.6) is 0 Å². The van der Waals surface area contributed by atoms with Gasteiger partial charge in [-0.1, -0.05) is 12.1 Å². The molecule has 10 heteroatoms. The van der Waals surface area contributed by atoms with Crippen molar-refractivity contribution in [3.05, 3.63) is 59.4 Å². The summed E-state index contributed by atoms with van der Waals surface area (Å²) in [6.07, 6.45) is -0.347. The van der Waals surface area contributed by atoms with Crippen molar-refractivity contribution in [2.45, 2.75) is 25.0 Å². The highest BCUT2D eigenvalue weighted by molar-refractivity contribution is 5.96. The Kier molecular flexibility index (Phi) is 5.78. The molecule has 5 N–H and O–H groups in total. The van der Waals surface area contributed by atoms with Gasteiger partial charge in [0.15, 0.2) is 0 Å². The van der Waals surface area contributed by atoms with Gasteiger partial charge in [0.05, 0.1) is 24.1 Å². The maximum atomic E-state index is 12.9. The van der Waals surface area contributed by atoms with Crippen molar-refractivity contribution < 1.29 is 24.6 Å². The van der Waals surface area contributed by atoms with Crippen LogP contribution in [0.15, 0.2) is 42.5 Å². The van der Waals surface area contributed by atoms with Gasteiger partial charge in [0, 0.05) is 24.8 Å². The van der Waals surface area contributed by atoms with Gasteiger partial charge in [0.25, 0.3) is 5.91 Å². The zero-order chi connectivity index (χ0) is 22.8. The number of aliphatic carboxylic acids is 1. The fourth-order valence-electron chi connectivity index (χ4n) is 3.75. The van der Waals surface area contributed by atoms with Crippen LogP contribution in [0.4, 0.5) is 5.69 Å². The molecule has 2 amide bonds. The quantitative estimate of drug-likeness (QED) is 0.390. The number of hydrogen-bond acceptors (Lipinski definition) is 6. The molecule has 0 saturated heterocycles. The SMILES string of the molecule is CN1Cc2cc(C(=O)NC(CO)c3nc4ccccc4[nH]3)ccc2NC(CC(=O)O)C1=O. The molecule has 0 spiro atoms. The fourth-order valence-corrected chi connectivity index (χ4v) is 3.75. The van der Waals surface area contributed by atoms with Gasteiger partial charge < -0.3 is 30.7 Å². The van der Waals surface area contributed by atoms with Gasteiger partial charge in [0.2, 0.25) is 5.91 Å². The molecule has 10 nitrogen and oxygen atoms in total. The van der Waals surface area contributed by atoms with Crippen molar-refractivity contribution in [1.29, 1.82) is 0 Å². The first-order valence-corrected chi connectivity index (χ1v) is 10.1. The Morgan fingerprint density at radius 1 is 1.28 bits per heavy atom. The van der Waals surface area contributed by atoms with Crippen molar-refractivity contribution in [2.75, 3.05) is 19.0 Å². The minimum atomic E-state index is -1.08. The highest BCUT2D eigenvalue weighted by atomic mass is 16.4. The van der Waals surface area contributed by atoms with Crippen LogP contribution < -0.4 is 10.6 Å². The number of benzene rings is 2. The summed E-state index contributed by atoms with van der Waals surface area (Å²) in [5, 5.41) is 24.6. The Labute approximate surface area is 183 Å². The lowest BCUT2D eigenvalue weighted by Gasteiger charge is -2.19. The number of aliphatic hydroxyl groups is 1. The highest BCUT2D eigenvalue weighted by Crippen LogP contribution is 2.25. The summed E-state index contributed by atoms with van der Waals surface area (Å²) in [6, 6.07) is 10.7. The smallest absolute Gasteiger partial charge is 0.305 e. The Balaban J connectivity index is 1.55. The number of anilines is 1. The van der Waals surface area contributed by atoms with E-state index in [9.17, 15) is 19.5 Å². The Morgan fingerprint density at radius 3 is 2.78 bits per heavy atom. The van der Waals surface area contributed by atoms with Gasteiger partial charge in [-0.25, -0.2) is 4.98 Å². The molecule has 2 heterocycles. The molecular weight excluding hydrogens is 414 g/mol. The number of imidazole rings is 1. The molecule has 1 aliphatic heterocycles. The van der Waals surface area contributed by atoms with Crippen LogP contribution in [0.2, 0.25) is 0 Å². The number of nitrogens with one attached hydrogen (secondary N) is 3. The lowest BCUT2D eigenvalue weighted by molar-refractivity contribution is -0.141. The Bertz CT molecular complexity index is 1160. The number of H-pyrrole nitrogens is 1. The molecule has 0 bridgehead atoms. The second-order valence-corrected chi connectivity index (χ2v) is 7.71. The minimum absolute atomic E-state index is 0.228. The number of amides is 2. The molecule has 4 rings (SSSR count). The van der Waals surface area contributed by atoms with E-state index >= 15 is 0 Å². The number of hydrogen-bond donors (Lipinski definition) is 5. The van der Waals surface area contributed by atoms with E-state index in [2.05, 4.69) is 20.6 Å². The van der Waals surface area contributed by atoms with Crippen LogP contribution in [0.1, 0.15) is 34.2 Å². The number of likely N-dealkylation sites (N-methyl/N-ethyl adjacent to an activating group) is 1. The molecule has 1 aromatic heterocycles. The molecule has 1 aliphatic rings. The zero-order valence-electron chi connectivity index (χ0n) is 17.3. The van der Waals surface area contributed by atoms with Crippen LogP contribution in [-0.2, 0) is 16.1 Å². The molecule has 3 aromatic rings. The van der Waals surface area contributed by atoms with Gasteiger partial charge in [-0.2, -0.15) is 0 Å². The second kappa shape index (κ2) is 8.67. The van der Waals surface area contributed by atoms with E-state index in [1.165, 1.54) is 4.90 Å². The predicted molar refractivity (Wildman–Crippen MR) is 116 cm³/mol. The number of para-hydroxylation sites is 2. The normalized spacial score (nSPS) is 16.8. The van der Waals surface area contributed by atoms with E-state index in [4.69, 9.17) is 5.11 Å². The molecule has 0 saturated carbocycles. The third-order valence-corrected chi connectivity index (χ3v) is 5.38. The molecule has 0 fully saturated rings. The highest BCUT2D eigenvalue weighted by Gasteiger charge is 2.29. The predicted octanol–water partition coefficient (Wildman–Crippen LogP) is 1.25. The summed E-state index contributed by atoms with van der Waals surface area (Å²) < 4.78 is 0. The molecule has 2 aromatic carbocycles. The van der Waals surface area contributed by atoms with E-state index < -0.39 is 24.0 Å². The average Bonchev–Trinajstić information content (AvgIpc) is 3.16. The van der Waals surface area contributed by atoms with Crippen LogP contribution >= 0.6 is 0 Å². The van der Waals surface area contributed by atoms with Gasteiger partial charge in [-0.05, 0) is 35.9 Å². The standard InChI is InChI=1S/C22H23N5O5/c1-27-10-13-8-12(6-7-14(13)23-17(22(27)32)9-19(29)30)21(31)26-18(11-28)20-24-15-4-2-3-5-16(15)25-20/h2-8,17-18,23,28H,9-11H2,1H3,(H,24,25)(H,26,31)(H,29,30). The van der Waals surface area contributed by atoms with Gasteiger partial charge >= 0.3 is 5.97 Å². The average molecular weight is 437 g/mol. The van der Waals surface area contributed by atoms with Crippen molar-refractivity contribution in [3.63, 3.8) is 0 Å². The van der Waals surface area contributed by atoms with E-state index in [0.717, 1.165) is 11.0 Å². The summed E-state index contributed by atoms with van der Waals surface area (Å²) in [5.74, 6) is -1.38. The molecule has 2 unspecified atom stereocenters.